The molecule has 2 nitrogen and oxygen atoms in total. The fourth-order valence-electron chi connectivity index (χ4n) is 1.64. The SMILES string of the molecule is CN(C)CCCCCOCc1cc(Br)ccc1F. The lowest BCUT2D eigenvalue weighted by molar-refractivity contribution is 0.114. The summed E-state index contributed by atoms with van der Waals surface area (Å²) in [5.74, 6) is -0.203. The highest BCUT2D eigenvalue weighted by Gasteiger charge is 2.02. The lowest BCUT2D eigenvalue weighted by Crippen LogP contribution is -2.12. The Morgan fingerprint density at radius 3 is 2.72 bits per heavy atom. The summed E-state index contributed by atoms with van der Waals surface area (Å²) in [6.07, 6.45) is 3.37. The van der Waals surface area contributed by atoms with Crippen molar-refractivity contribution in [1.29, 1.82) is 0 Å². The molecule has 0 atom stereocenters. The van der Waals surface area contributed by atoms with Crippen LogP contribution in [0.5, 0.6) is 0 Å². The Labute approximate surface area is 117 Å². The third-order valence-electron chi connectivity index (χ3n) is 2.66. The van der Waals surface area contributed by atoms with E-state index in [0.29, 0.717) is 18.8 Å². The largest absolute Gasteiger partial charge is 0.377 e. The molecule has 4 heteroatoms. The van der Waals surface area contributed by atoms with Gasteiger partial charge in [0, 0.05) is 16.6 Å². The summed E-state index contributed by atoms with van der Waals surface area (Å²) < 4.78 is 19.8. The Morgan fingerprint density at radius 1 is 1.22 bits per heavy atom. The minimum Gasteiger partial charge on any atom is -0.377 e. The van der Waals surface area contributed by atoms with Crippen LogP contribution in [0.1, 0.15) is 24.8 Å². The molecule has 0 heterocycles. The van der Waals surface area contributed by atoms with E-state index in [1.165, 1.54) is 12.5 Å². The number of rotatable bonds is 8. The highest BCUT2D eigenvalue weighted by Crippen LogP contribution is 2.16. The van der Waals surface area contributed by atoms with Crippen molar-refractivity contribution >= 4 is 15.9 Å². The first-order valence-electron chi connectivity index (χ1n) is 6.26. The maximum atomic E-state index is 13.4. The van der Waals surface area contributed by atoms with Crippen molar-refractivity contribution in [2.75, 3.05) is 27.2 Å². The number of halogens is 2. The molecule has 0 aromatic heterocycles. The fraction of sp³-hybridized carbons (Fsp3) is 0.571. The van der Waals surface area contributed by atoms with Crippen LogP contribution < -0.4 is 0 Å². The van der Waals surface area contributed by atoms with Crippen molar-refractivity contribution in [3.8, 4) is 0 Å². The number of ether oxygens (including phenoxy) is 1. The van der Waals surface area contributed by atoms with Crippen LogP contribution in [-0.4, -0.2) is 32.1 Å². The van der Waals surface area contributed by atoms with Crippen molar-refractivity contribution in [2.45, 2.75) is 25.9 Å². The average Bonchev–Trinajstić information content (AvgIpc) is 2.32. The van der Waals surface area contributed by atoms with Gasteiger partial charge in [0.25, 0.3) is 0 Å². The van der Waals surface area contributed by atoms with Crippen LogP contribution in [-0.2, 0) is 11.3 Å². The topological polar surface area (TPSA) is 12.5 Å². The van der Waals surface area contributed by atoms with Crippen LogP contribution >= 0.6 is 15.9 Å². The molecule has 0 fully saturated rings. The zero-order valence-electron chi connectivity index (χ0n) is 11.1. The van der Waals surface area contributed by atoms with E-state index in [9.17, 15) is 4.39 Å². The van der Waals surface area contributed by atoms with E-state index in [2.05, 4.69) is 34.9 Å². The van der Waals surface area contributed by atoms with Crippen molar-refractivity contribution < 1.29 is 9.13 Å². The number of nitrogens with zero attached hydrogens (tertiary/aromatic N) is 1. The Kier molecular flexibility index (Phi) is 7.47. The normalized spacial score (nSPS) is 11.2. The van der Waals surface area contributed by atoms with Gasteiger partial charge >= 0.3 is 0 Å². The summed E-state index contributed by atoms with van der Waals surface area (Å²) in [5.41, 5.74) is 0.609. The molecule has 0 N–H and O–H groups in total. The van der Waals surface area contributed by atoms with Gasteiger partial charge in [-0.05, 0) is 58.1 Å². The molecule has 0 bridgehead atoms. The molecule has 0 spiro atoms. The van der Waals surface area contributed by atoms with Crippen LogP contribution in [0, 0.1) is 5.82 Å². The van der Waals surface area contributed by atoms with Crippen LogP contribution in [0.15, 0.2) is 22.7 Å². The monoisotopic (exact) mass is 317 g/mol. The van der Waals surface area contributed by atoms with E-state index >= 15 is 0 Å². The number of benzene rings is 1. The van der Waals surface area contributed by atoms with E-state index in [0.717, 1.165) is 23.9 Å². The molecule has 0 saturated carbocycles. The van der Waals surface area contributed by atoms with Gasteiger partial charge in [-0.15, -0.1) is 0 Å². The van der Waals surface area contributed by atoms with E-state index < -0.39 is 0 Å². The summed E-state index contributed by atoms with van der Waals surface area (Å²) >= 11 is 3.33. The smallest absolute Gasteiger partial charge is 0.128 e. The van der Waals surface area contributed by atoms with Crippen molar-refractivity contribution in [3.05, 3.63) is 34.1 Å². The maximum Gasteiger partial charge on any atom is 0.128 e. The Balaban J connectivity index is 2.12. The van der Waals surface area contributed by atoms with Crippen LogP contribution in [0.3, 0.4) is 0 Å². The van der Waals surface area contributed by atoms with Crippen LogP contribution in [0.2, 0.25) is 0 Å². The zero-order valence-corrected chi connectivity index (χ0v) is 12.7. The molecule has 0 unspecified atom stereocenters. The van der Waals surface area contributed by atoms with Crippen molar-refractivity contribution in [3.63, 3.8) is 0 Å². The van der Waals surface area contributed by atoms with Crippen molar-refractivity contribution in [2.24, 2.45) is 0 Å². The van der Waals surface area contributed by atoms with Gasteiger partial charge < -0.3 is 9.64 Å². The van der Waals surface area contributed by atoms with Gasteiger partial charge in [-0.25, -0.2) is 4.39 Å². The first-order valence-corrected chi connectivity index (χ1v) is 7.05. The highest BCUT2D eigenvalue weighted by molar-refractivity contribution is 9.10. The van der Waals surface area contributed by atoms with E-state index in [1.807, 2.05) is 0 Å². The average molecular weight is 318 g/mol. The second-order valence-electron chi connectivity index (χ2n) is 4.65. The summed E-state index contributed by atoms with van der Waals surface area (Å²) in [6, 6.07) is 4.92. The summed E-state index contributed by atoms with van der Waals surface area (Å²) in [4.78, 5) is 2.18. The zero-order chi connectivity index (χ0) is 13.4. The first kappa shape index (κ1) is 15.6. The predicted molar refractivity (Wildman–Crippen MR) is 76.2 cm³/mol. The van der Waals surface area contributed by atoms with Gasteiger partial charge in [0.15, 0.2) is 0 Å². The standard InChI is InChI=1S/C14H21BrFNO/c1-17(2)8-4-3-5-9-18-11-12-10-13(15)6-7-14(12)16/h6-7,10H,3-5,8-9,11H2,1-2H3. The Morgan fingerprint density at radius 2 is 2.00 bits per heavy atom. The molecule has 18 heavy (non-hydrogen) atoms. The Hall–Kier alpha value is -0.450. The maximum absolute atomic E-state index is 13.4. The molecule has 0 amide bonds. The van der Waals surface area contributed by atoms with Gasteiger partial charge in [0.2, 0.25) is 0 Å². The summed E-state index contributed by atoms with van der Waals surface area (Å²) in [6.45, 7) is 2.15. The second-order valence-corrected chi connectivity index (χ2v) is 5.57. The molecule has 0 saturated heterocycles. The van der Waals surface area contributed by atoms with E-state index in [1.54, 1.807) is 12.1 Å². The second kappa shape index (κ2) is 8.62. The number of hydrogen-bond donors (Lipinski definition) is 0. The van der Waals surface area contributed by atoms with Gasteiger partial charge in [-0.2, -0.15) is 0 Å². The molecule has 0 aliphatic rings. The van der Waals surface area contributed by atoms with Crippen molar-refractivity contribution in [1.82, 2.24) is 4.90 Å². The quantitative estimate of drug-likeness (QED) is 0.675. The molecule has 0 radical (unpaired) electrons. The molecular weight excluding hydrogens is 297 g/mol. The predicted octanol–water partition coefficient (Wildman–Crippen LogP) is 3.84. The van der Waals surface area contributed by atoms with Crippen LogP contribution in [0.4, 0.5) is 4.39 Å². The molecule has 1 rings (SSSR count). The third-order valence-corrected chi connectivity index (χ3v) is 3.15. The van der Waals surface area contributed by atoms with E-state index in [4.69, 9.17) is 4.74 Å². The van der Waals surface area contributed by atoms with Gasteiger partial charge in [0.1, 0.15) is 5.82 Å². The lowest BCUT2D eigenvalue weighted by atomic mass is 10.2. The van der Waals surface area contributed by atoms with Crippen LogP contribution in [0.25, 0.3) is 0 Å². The molecule has 0 aliphatic carbocycles. The first-order chi connectivity index (χ1) is 8.59. The molecule has 1 aromatic carbocycles. The lowest BCUT2D eigenvalue weighted by Gasteiger charge is -2.09. The molecule has 1 aromatic rings. The van der Waals surface area contributed by atoms with Gasteiger partial charge in [-0.3, -0.25) is 0 Å². The fourth-order valence-corrected chi connectivity index (χ4v) is 2.05. The molecular formula is C14H21BrFNO. The number of unbranched alkanes of at least 4 members (excludes halogenated alkanes) is 2. The number of hydrogen-bond acceptors (Lipinski definition) is 2. The highest BCUT2D eigenvalue weighted by atomic mass is 79.9. The van der Waals surface area contributed by atoms with E-state index in [-0.39, 0.29) is 5.82 Å². The van der Waals surface area contributed by atoms with Gasteiger partial charge in [-0.1, -0.05) is 15.9 Å². The minimum atomic E-state index is -0.203. The summed E-state index contributed by atoms with van der Waals surface area (Å²) in [5, 5.41) is 0. The Bertz CT molecular complexity index is 358. The molecule has 102 valence electrons. The third kappa shape index (κ3) is 6.47. The molecule has 0 aliphatic heterocycles. The minimum absolute atomic E-state index is 0.203. The summed E-state index contributed by atoms with van der Waals surface area (Å²) in [7, 11) is 4.15. The van der Waals surface area contributed by atoms with Gasteiger partial charge in [0.05, 0.1) is 6.61 Å².